The van der Waals surface area contributed by atoms with Crippen LogP contribution >= 0.6 is 0 Å². The van der Waals surface area contributed by atoms with Crippen LogP contribution in [0.3, 0.4) is 0 Å². The van der Waals surface area contributed by atoms with Gasteiger partial charge in [0.1, 0.15) is 0 Å². The summed E-state index contributed by atoms with van der Waals surface area (Å²) in [5.41, 5.74) is 0.581. The monoisotopic (exact) mass is 424 g/mol. The minimum Gasteiger partial charge on any atom is -0.252 e. The summed E-state index contributed by atoms with van der Waals surface area (Å²) in [7, 11) is 0. The molecule has 0 aromatic carbocycles. The largest absolute Gasteiger partial charge is 0.252 e. The molecule has 8 unspecified atom stereocenters. The first-order chi connectivity index (χ1) is 14.0. The SMILES string of the molecule is CC1CC(C(OO)C2CCCCC2C(OO)C2CC(C)CC(C)(C)C2)CC(C)(C)C1. The Balaban J connectivity index is 1.81. The highest BCUT2D eigenvalue weighted by Gasteiger charge is 2.48. The fourth-order valence-electron chi connectivity index (χ4n) is 8.37. The average molecular weight is 425 g/mol. The van der Waals surface area contributed by atoms with E-state index in [1.165, 1.54) is 25.7 Å². The molecule has 8 atom stereocenters. The maximum absolute atomic E-state index is 10.1. The Morgan fingerprint density at radius 1 is 0.667 bits per heavy atom. The van der Waals surface area contributed by atoms with E-state index in [1.807, 2.05) is 0 Å². The lowest BCUT2D eigenvalue weighted by atomic mass is 9.59. The van der Waals surface area contributed by atoms with Crippen molar-refractivity contribution < 1.29 is 20.3 Å². The van der Waals surface area contributed by atoms with Gasteiger partial charge in [-0.3, -0.25) is 10.5 Å². The van der Waals surface area contributed by atoms with Crippen LogP contribution in [0.25, 0.3) is 0 Å². The van der Waals surface area contributed by atoms with Crippen molar-refractivity contribution >= 4 is 0 Å². The van der Waals surface area contributed by atoms with Gasteiger partial charge in [0, 0.05) is 0 Å². The molecule has 176 valence electrons. The predicted molar refractivity (Wildman–Crippen MR) is 121 cm³/mol. The van der Waals surface area contributed by atoms with Gasteiger partial charge in [-0.05, 0) is 97.7 Å². The van der Waals surface area contributed by atoms with Crippen molar-refractivity contribution in [3.8, 4) is 0 Å². The zero-order chi connectivity index (χ0) is 22.1. The topological polar surface area (TPSA) is 58.9 Å². The van der Waals surface area contributed by atoms with Crippen LogP contribution in [0.5, 0.6) is 0 Å². The predicted octanol–water partition coefficient (Wildman–Crippen LogP) is 7.43. The van der Waals surface area contributed by atoms with Crippen LogP contribution in [0, 0.1) is 46.3 Å². The van der Waals surface area contributed by atoms with Crippen LogP contribution in [0.2, 0.25) is 0 Å². The van der Waals surface area contributed by atoms with E-state index < -0.39 is 0 Å². The summed E-state index contributed by atoms with van der Waals surface area (Å²) in [6.45, 7) is 14.1. The molecule has 0 aliphatic heterocycles. The molecule has 3 rings (SSSR count). The second-order valence-corrected chi connectivity index (χ2v) is 13.1. The minimum absolute atomic E-state index is 0.149. The summed E-state index contributed by atoms with van der Waals surface area (Å²) < 4.78 is 0. The van der Waals surface area contributed by atoms with Crippen molar-refractivity contribution in [2.45, 2.75) is 118 Å². The molecule has 3 aliphatic carbocycles. The second kappa shape index (κ2) is 9.77. The van der Waals surface area contributed by atoms with E-state index in [4.69, 9.17) is 9.78 Å². The van der Waals surface area contributed by atoms with E-state index >= 15 is 0 Å². The molecule has 4 heteroatoms. The molecule has 3 fully saturated rings. The number of hydrogen-bond donors (Lipinski definition) is 2. The Morgan fingerprint density at radius 2 is 1.03 bits per heavy atom. The van der Waals surface area contributed by atoms with Gasteiger partial charge in [-0.25, -0.2) is 9.78 Å². The Kier molecular flexibility index (Phi) is 7.97. The summed E-state index contributed by atoms with van der Waals surface area (Å²) in [5, 5.41) is 20.2. The molecule has 0 heterocycles. The third-order valence-corrected chi connectivity index (χ3v) is 8.73. The smallest absolute Gasteiger partial charge is 0.0987 e. The fourth-order valence-corrected chi connectivity index (χ4v) is 8.37. The van der Waals surface area contributed by atoms with Gasteiger partial charge in [0.25, 0.3) is 0 Å². The molecule has 3 aliphatic rings. The molecule has 3 saturated carbocycles. The molecule has 4 nitrogen and oxygen atoms in total. The van der Waals surface area contributed by atoms with Crippen LogP contribution in [0.1, 0.15) is 106 Å². The van der Waals surface area contributed by atoms with Gasteiger partial charge in [0.15, 0.2) is 0 Å². The molecular weight excluding hydrogens is 376 g/mol. The van der Waals surface area contributed by atoms with E-state index in [-0.39, 0.29) is 24.0 Å². The van der Waals surface area contributed by atoms with E-state index in [9.17, 15) is 10.5 Å². The summed E-state index contributed by atoms with van der Waals surface area (Å²) in [4.78, 5) is 10.6. The highest BCUT2D eigenvalue weighted by molar-refractivity contribution is 4.96. The number of rotatable bonds is 6. The first-order valence-electron chi connectivity index (χ1n) is 12.7. The Bertz CT molecular complexity index is 497. The van der Waals surface area contributed by atoms with Gasteiger partial charge in [-0.1, -0.05) is 54.4 Å². The lowest BCUT2D eigenvalue weighted by Gasteiger charge is -2.49. The third-order valence-electron chi connectivity index (χ3n) is 8.73. The van der Waals surface area contributed by atoms with Crippen LogP contribution in [0.4, 0.5) is 0 Å². The van der Waals surface area contributed by atoms with Gasteiger partial charge in [-0.15, -0.1) is 0 Å². The van der Waals surface area contributed by atoms with Crippen molar-refractivity contribution in [2.75, 3.05) is 0 Å². The van der Waals surface area contributed by atoms with Gasteiger partial charge < -0.3 is 0 Å². The summed E-state index contributed by atoms with van der Waals surface area (Å²) in [6.07, 6.45) is 11.1. The molecule has 0 spiro atoms. The Morgan fingerprint density at radius 3 is 1.33 bits per heavy atom. The van der Waals surface area contributed by atoms with E-state index in [0.717, 1.165) is 38.5 Å². The van der Waals surface area contributed by atoms with Gasteiger partial charge in [0.05, 0.1) is 12.2 Å². The van der Waals surface area contributed by atoms with Crippen molar-refractivity contribution in [1.82, 2.24) is 0 Å². The van der Waals surface area contributed by atoms with Crippen molar-refractivity contribution in [3.63, 3.8) is 0 Å². The zero-order valence-corrected chi connectivity index (χ0v) is 20.4. The maximum Gasteiger partial charge on any atom is 0.0987 e. The van der Waals surface area contributed by atoms with Crippen molar-refractivity contribution in [3.05, 3.63) is 0 Å². The maximum atomic E-state index is 10.1. The molecule has 0 aromatic rings. The standard InChI is InChI=1S/C26H48O4/c1-17-11-19(15-25(3,4)13-17)23(29-27)21-9-7-8-10-22(21)24(30-28)20-12-18(2)14-26(5,6)16-20/h17-24,27-28H,7-16H2,1-6H3. The first-order valence-corrected chi connectivity index (χ1v) is 12.7. The fraction of sp³-hybridized carbons (Fsp3) is 1.00. The van der Waals surface area contributed by atoms with Crippen LogP contribution < -0.4 is 0 Å². The molecule has 30 heavy (non-hydrogen) atoms. The lowest BCUT2D eigenvalue weighted by molar-refractivity contribution is -0.337. The molecule has 0 radical (unpaired) electrons. The van der Waals surface area contributed by atoms with E-state index in [2.05, 4.69) is 41.5 Å². The second-order valence-electron chi connectivity index (χ2n) is 13.1. The van der Waals surface area contributed by atoms with Crippen molar-refractivity contribution in [2.24, 2.45) is 46.3 Å². The zero-order valence-electron chi connectivity index (χ0n) is 20.4. The van der Waals surface area contributed by atoms with Crippen LogP contribution in [-0.4, -0.2) is 22.7 Å². The highest BCUT2D eigenvalue weighted by atomic mass is 17.1. The van der Waals surface area contributed by atoms with E-state index in [0.29, 0.717) is 34.5 Å². The quantitative estimate of drug-likeness (QED) is 0.344. The minimum atomic E-state index is -0.149. The number of hydrogen-bond acceptors (Lipinski definition) is 4. The van der Waals surface area contributed by atoms with Crippen molar-refractivity contribution in [1.29, 1.82) is 0 Å². The Labute approximate surface area is 185 Å². The van der Waals surface area contributed by atoms with E-state index in [1.54, 1.807) is 0 Å². The van der Waals surface area contributed by atoms with Gasteiger partial charge >= 0.3 is 0 Å². The molecule has 0 amide bonds. The van der Waals surface area contributed by atoms with Gasteiger partial charge in [0.2, 0.25) is 0 Å². The van der Waals surface area contributed by atoms with Crippen LogP contribution in [-0.2, 0) is 9.78 Å². The lowest BCUT2D eigenvalue weighted by Crippen LogP contribution is -2.48. The normalized spacial score (nSPS) is 41.2. The summed E-state index contributed by atoms with van der Waals surface area (Å²) >= 11 is 0. The molecule has 0 bridgehead atoms. The Hall–Kier alpha value is -0.160. The summed E-state index contributed by atoms with van der Waals surface area (Å²) in [5.74, 6) is 2.58. The third kappa shape index (κ3) is 5.79. The summed E-state index contributed by atoms with van der Waals surface area (Å²) in [6, 6.07) is 0. The van der Waals surface area contributed by atoms with Crippen LogP contribution in [0.15, 0.2) is 0 Å². The first kappa shape index (κ1) is 24.5. The molecular formula is C26H48O4. The molecule has 0 aromatic heterocycles. The molecule has 2 N–H and O–H groups in total. The highest BCUT2D eigenvalue weighted by Crippen LogP contribution is 2.51. The average Bonchev–Trinajstić information content (AvgIpc) is 2.61. The molecule has 0 saturated heterocycles. The van der Waals surface area contributed by atoms with Gasteiger partial charge in [-0.2, -0.15) is 0 Å².